The summed E-state index contributed by atoms with van der Waals surface area (Å²) in [6, 6.07) is 0. The lowest BCUT2D eigenvalue weighted by Gasteiger charge is -2.21. The molecule has 0 aliphatic rings. The molecule has 0 bridgehead atoms. The molecule has 0 unspecified atom stereocenters. The fraction of sp³-hybridized carbons (Fsp3) is 0.692. The average Bonchev–Trinajstić information content (AvgIpc) is 2.40. The van der Waals surface area contributed by atoms with E-state index in [1.807, 2.05) is 0 Å². The number of rotatable bonds is 8. The van der Waals surface area contributed by atoms with Crippen LogP contribution in [0.5, 0.6) is 0 Å². The molecule has 5 nitrogen and oxygen atoms in total. The van der Waals surface area contributed by atoms with Gasteiger partial charge in [0.15, 0.2) is 0 Å². The van der Waals surface area contributed by atoms with Crippen LogP contribution in [0.3, 0.4) is 0 Å². The highest BCUT2D eigenvalue weighted by Gasteiger charge is 2.17. The second kappa shape index (κ2) is 7.76. The fourth-order valence-corrected chi connectivity index (χ4v) is 1.84. The largest absolute Gasteiger partial charge is 0.379 e. The Bertz CT molecular complexity index is 447. The molecule has 0 atom stereocenters. The maximum atomic E-state index is 13.8. The summed E-state index contributed by atoms with van der Waals surface area (Å²) in [5.41, 5.74) is 0.173. The van der Waals surface area contributed by atoms with Crippen LogP contribution in [0.4, 0.5) is 15.8 Å². The zero-order chi connectivity index (χ0) is 14.3. The summed E-state index contributed by atoms with van der Waals surface area (Å²) in [4.78, 5) is 13.6. The van der Waals surface area contributed by atoms with Crippen molar-refractivity contribution in [1.29, 1.82) is 0 Å². The quantitative estimate of drug-likeness (QED) is 0.712. The first-order valence-corrected chi connectivity index (χ1v) is 6.85. The summed E-state index contributed by atoms with van der Waals surface area (Å²) in [7, 11) is 1.80. The molecule has 19 heavy (non-hydrogen) atoms. The van der Waals surface area contributed by atoms with Gasteiger partial charge >= 0.3 is 0 Å². The van der Waals surface area contributed by atoms with E-state index in [1.165, 1.54) is 0 Å². The second-order valence-electron chi connectivity index (χ2n) is 4.62. The smallest absolute Gasteiger partial charge is 0.290 e. The number of hydrogen-bond acceptors (Lipinski definition) is 4. The van der Waals surface area contributed by atoms with Crippen molar-refractivity contribution in [2.75, 3.05) is 30.4 Å². The van der Waals surface area contributed by atoms with Crippen LogP contribution in [-0.2, 0) is 0 Å². The van der Waals surface area contributed by atoms with Gasteiger partial charge < -0.3 is 10.2 Å². The molecule has 1 aromatic rings. The molecule has 0 amide bonds. The van der Waals surface area contributed by atoms with E-state index in [0.717, 1.165) is 25.7 Å². The predicted octanol–water partition coefficient (Wildman–Crippen LogP) is 2.36. The molecule has 1 aromatic heterocycles. The zero-order valence-electron chi connectivity index (χ0n) is 11.9. The van der Waals surface area contributed by atoms with E-state index >= 15 is 0 Å². The lowest BCUT2D eigenvalue weighted by Crippen LogP contribution is -2.29. The molecular weight excluding hydrogens is 247 g/mol. The van der Waals surface area contributed by atoms with E-state index in [4.69, 9.17) is 0 Å². The predicted molar refractivity (Wildman–Crippen MR) is 76.4 cm³/mol. The molecule has 0 saturated carbocycles. The molecule has 0 aliphatic heterocycles. The van der Waals surface area contributed by atoms with Crippen LogP contribution in [0.2, 0.25) is 0 Å². The molecule has 0 spiro atoms. The molecule has 0 fully saturated rings. The van der Waals surface area contributed by atoms with Gasteiger partial charge in [-0.25, -0.2) is 5.10 Å². The van der Waals surface area contributed by atoms with Crippen molar-refractivity contribution in [2.45, 2.75) is 39.5 Å². The van der Waals surface area contributed by atoms with Crippen LogP contribution in [0, 0.1) is 5.95 Å². The van der Waals surface area contributed by atoms with E-state index in [-0.39, 0.29) is 11.2 Å². The fourth-order valence-electron chi connectivity index (χ4n) is 1.84. The van der Waals surface area contributed by atoms with E-state index < -0.39 is 5.95 Å². The van der Waals surface area contributed by atoms with Gasteiger partial charge in [0.1, 0.15) is 11.4 Å². The number of unbranched alkanes of at least 4 members (excludes halogenated alkanes) is 2. The highest BCUT2D eigenvalue weighted by Crippen LogP contribution is 2.22. The minimum absolute atomic E-state index is 0.204. The van der Waals surface area contributed by atoms with Crippen LogP contribution in [0.15, 0.2) is 4.79 Å². The first-order valence-electron chi connectivity index (χ1n) is 6.85. The summed E-state index contributed by atoms with van der Waals surface area (Å²) in [5, 5.41) is 8.56. The van der Waals surface area contributed by atoms with Gasteiger partial charge in [0.2, 0.25) is 0 Å². The number of aromatic amines is 1. The zero-order valence-corrected chi connectivity index (χ0v) is 11.9. The molecule has 1 rings (SSSR count). The van der Waals surface area contributed by atoms with Crippen LogP contribution < -0.4 is 15.8 Å². The third-order valence-electron chi connectivity index (χ3n) is 2.97. The highest BCUT2D eigenvalue weighted by molar-refractivity contribution is 5.68. The van der Waals surface area contributed by atoms with E-state index in [1.54, 1.807) is 11.9 Å². The maximum Gasteiger partial charge on any atom is 0.290 e. The lowest BCUT2D eigenvalue weighted by atomic mass is 10.2. The van der Waals surface area contributed by atoms with Gasteiger partial charge in [-0.05, 0) is 12.8 Å². The number of nitrogens with one attached hydrogen (secondary N) is 2. The summed E-state index contributed by atoms with van der Waals surface area (Å²) < 4.78 is 13.8. The van der Waals surface area contributed by atoms with Crippen LogP contribution in [-0.4, -0.2) is 30.3 Å². The number of halogens is 1. The normalized spacial score (nSPS) is 10.5. The van der Waals surface area contributed by atoms with Crippen LogP contribution in [0.25, 0.3) is 0 Å². The van der Waals surface area contributed by atoms with Gasteiger partial charge in [0.05, 0.1) is 0 Å². The lowest BCUT2D eigenvalue weighted by molar-refractivity contribution is 0.562. The van der Waals surface area contributed by atoms with Crippen molar-refractivity contribution in [3.05, 3.63) is 16.3 Å². The van der Waals surface area contributed by atoms with E-state index in [9.17, 15) is 9.18 Å². The Hall–Kier alpha value is -1.59. The van der Waals surface area contributed by atoms with Crippen molar-refractivity contribution in [1.82, 2.24) is 10.2 Å². The standard InChI is InChI=1S/C13H23FN4O/c1-4-6-8-15-10-11(18(3)9-7-5-2)13(19)17-16-12(10)14/h4-9H2,1-3H3,(H2,15,17,19). The Kier molecular flexibility index (Phi) is 6.32. The Morgan fingerprint density at radius 1 is 1.32 bits per heavy atom. The van der Waals surface area contributed by atoms with E-state index in [0.29, 0.717) is 18.8 Å². The molecular formula is C13H23FN4O. The van der Waals surface area contributed by atoms with Gasteiger partial charge in [0.25, 0.3) is 11.5 Å². The van der Waals surface area contributed by atoms with Crippen LogP contribution >= 0.6 is 0 Å². The Labute approximate surface area is 113 Å². The molecule has 2 N–H and O–H groups in total. The summed E-state index contributed by atoms with van der Waals surface area (Å²) >= 11 is 0. The SMILES string of the molecule is CCCCNc1c(F)n[nH]c(=O)c1N(C)CCCC. The van der Waals surface area contributed by atoms with E-state index in [2.05, 4.69) is 29.4 Å². The second-order valence-corrected chi connectivity index (χ2v) is 4.62. The number of nitrogens with zero attached hydrogens (tertiary/aromatic N) is 2. The topological polar surface area (TPSA) is 61.0 Å². The summed E-state index contributed by atoms with van der Waals surface area (Å²) in [6.07, 6.45) is 3.90. The van der Waals surface area contributed by atoms with Crippen molar-refractivity contribution >= 4 is 11.4 Å². The first-order chi connectivity index (χ1) is 9.11. The van der Waals surface area contributed by atoms with Crippen molar-refractivity contribution in [2.24, 2.45) is 0 Å². The highest BCUT2D eigenvalue weighted by atomic mass is 19.1. The van der Waals surface area contributed by atoms with Gasteiger partial charge in [-0.2, -0.15) is 4.39 Å². The van der Waals surface area contributed by atoms with Gasteiger partial charge in [0, 0.05) is 20.1 Å². The summed E-state index contributed by atoms with van der Waals surface area (Å²) in [5.74, 6) is -0.658. The molecule has 1 heterocycles. The Balaban J connectivity index is 2.98. The van der Waals surface area contributed by atoms with Crippen molar-refractivity contribution in [3.63, 3.8) is 0 Å². The Morgan fingerprint density at radius 3 is 2.63 bits per heavy atom. The monoisotopic (exact) mass is 270 g/mol. The van der Waals surface area contributed by atoms with Crippen LogP contribution in [0.1, 0.15) is 39.5 Å². The number of hydrogen-bond donors (Lipinski definition) is 2. The summed E-state index contributed by atoms with van der Waals surface area (Å²) in [6.45, 7) is 5.48. The molecule has 108 valence electrons. The molecule has 0 saturated heterocycles. The van der Waals surface area contributed by atoms with Gasteiger partial charge in [-0.15, -0.1) is 5.10 Å². The maximum absolute atomic E-state index is 13.8. The van der Waals surface area contributed by atoms with Crippen molar-refractivity contribution < 1.29 is 4.39 Å². The Morgan fingerprint density at radius 2 is 2.00 bits per heavy atom. The molecule has 6 heteroatoms. The third kappa shape index (κ3) is 4.22. The van der Waals surface area contributed by atoms with Gasteiger partial charge in [-0.1, -0.05) is 26.7 Å². The average molecular weight is 270 g/mol. The minimum atomic E-state index is -0.658. The molecule has 0 radical (unpaired) electrons. The minimum Gasteiger partial charge on any atom is -0.379 e. The van der Waals surface area contributed by atoms with Gasteiger partial charge in [-0.3, -0.25) is 4.79 Å². The number of aromatic nitrogens is 2. The molecule has 0 aliphatic carbocycles. The number of H-pyrrole nitrogens is 1. The van der Waals surface area contributed by atoms with Crippen molar-refractivity contribution in [3.8, 4) is 0 Å². The first kappa shape index (κ1) is 15.5. The molecule has 0 aromatic carbocycles. The number of anilines is 2. The third-order valence-corrected chi connectivity index (χ3v) is 2.97.